The molecule has 2 heterocycles. The lowest BCUT2D eigenvalue weighted by Gasteiger charge is -2.02. The minimum absolute atomic E-state index is 0.225. The van der Waals surface area contributed by atoms with Crippen molar-refractivity contribution in [2.75, 3.05) is 13.7 Å². The van der Waals surface area contributed by atoms with Crippen molar-refractivity contribution in [2.45, 2.75) is 13.0 Å². The molecular formula is C11H13N3O4. The molecule has 18 heavy (non-hydrogen) atoms. The Morgan fingerprint density at radius 1 is 1.56 bits per heavy atom. The normalized spacial score (nSPS) is 10.5. The van der Waals surface area contributed by atoms with Crippen molar-refractivity contribution in [1.29, 1.82) is 0 Å². The summed E-state index contributed by atoms with van der Waals surface area (Å²) < 4.78 is 14.5. The van der Waals surface area contributed by atoms with Crippen molar-refractivity contribution < 1.29 is 18.5 Å². The first-order valence-electron chi connectivity index (χ1n) is 5.42. The second-order valence-corrected chi connectivity index (χ2v) is 3.53. The molecule has 0 radical (unpaired) electrons. The van der Waals surface area contributed by atoms with E-state index in [4.69, 9.17) is 8.94 Å². The maximum absolute atomic E-state index is 11.3. The highest BCUT2D eigenvalue weighted by molar-refractivity contribution is 5.87. The Labute approximate surface area is 103 Å². The van der Waals surface area contributed by atoms with Crippen LogP contribution in [0.5, 0.6) is 0 Å². The Morgan fingerprint density at radius 3 is 3.17 bits per heavy atom. The van der Waals surface area contributed by atoms with E-state index in [2.05, 4.69) is 20.2 Å². The maximum atomic E-state index is 11.3. The van der Waals surface area contributed by atoms with Crippen molar-refractivity contribution >= 4 is 5.97 Å². The van der Waals surface area contributed by atoms with Gasteiger partial charge in [-0.25, -0.2) is 4.79 Å². The molecule has 0 saturated heterocycles. The Balaban J connectivity index is 1.80. The predicted octanol–water partition coefficient (Wildman–Crippen LogP) is 0.782. The lowest BCUT2D eigenvalue weighted by atomic mass is 10.2. The second-order valence-electron chi connectivity index (χ2n) is 3.53. The van der Waals surface area contributed by atoms with Gasteiger partial charge in [-0.2, -0.15) is 4.98 Å². The van der Waals surface area contributed by atoms with Gasteiger partial charge in [0, 0.05) is 25.1 Å². The summed E-state index contributed by atoms with van der Waals surface area (Å²) in [6.07, 6.45) is 3.45. The van der Waals surface area contributed by atoms with Crippen LogP contribution in [0.2, 0.25) is 0 Å². The number of hydrogen-bond donors (Lipinski definition) is 1. The quantitative estimate of drug-likeness (QED) is 0.599. The van der Waals surface area contributed by atoms with E-state index in [-0.39, 0.29) is 5.76 Å². The van der Waals surface area contributed by atoms with Crippen LogP contribution in [0.3, 0.4) is 0 Å². The highest BCUT2D eigenvalue weighted by Gasteiger charge is 2.15. The molecular weight excluding hydrogens is 238 g/mol. The standard InChI is InChI=1S/C11H13N3O4/c1-16-11(15)10-8(3-5-17-10)6-12-4-2-9-13-7-14-18-9/h3,5,7,12H,2,4,6H2,1H3. The van der Waals surface area contributed by atoms with Crippen LogP contribution in [-0.2, 0) is 17.7 Å². The van der Waals surface area contributed by atoms with E-state index in [1.165, 1.54) is 19.7 Å². The molecule has 1 N–H and O–H groups in total. The van der Waals surface area contributed by atoms with E-state index in [0.717, 1.165) is 5.56 Å². The van der Waals surface area contributed by atoms with Gasteiger partial charge in [0.25, 0.3) is 0 Å². The van der Waals surface area contributed by atoms with Gasteiger partial charge in [-0.15, -0.1) is 0 Å². The zero-order chi connectivity index (χ0) is 12.8. The van der Waals surface area contributed by atoms with Gasteiger partial charge in [0.1, 0.15) is 0 Å². The van der Waals surface area contributed by atoms with E-state index in [9.17, 15) is 4.79 Å². The molecule has 7 heteroatoms. The highest BCUT2D eigenvalue weighted by Crippen LogP contribution is 2.11. The molecule has 0 bridgehead atoms. The van der Waals surface area contributed by atoms with Crippen LogP contribution < -0.4 is 5.32 Å². The smallest absolute Gasteiger partial charge is 0.374 e. The zero-order valence-corrected chi connectivity index (χ0v) is 9.88. The van der Waals surface area contributed by atoms with Gasteiger partial charge in [0.05, 0.1) is 13.4 Å². The molecule has 0 aliphatic rings. The van der Waals surface area contributed by atoms with Crippen LogP contribution in [0.4, 0.5) is 0 Å². The number of rotatable bonds is 6. The Kier molecular flexibility index (Phi) is 4.08. The Hall–Kier alpha value is -2.15. The topological polar surface area (TPSA) is 90.4 Å². The fraction of sp³-hybridized carbons (Fsp3) is 0.364. The molecule has 0 fully saturated rings. The number of furan rings is 1. The molecule has 7 nitrogen and oxygen atoms in total. The van der Waals surface area contributed by atoms with Crippen LogP contribution in [0, 0.1) is 0 Å². The van der Waals surface area contributed by atoms with E-state index < -0.39 is 5.97 Å². The molecule has 2 rings (SSSR count). The van der Waals surface area contributed by atoms with E-state index in [1.54, 1.807) is 6.07 Å². The van der Waals surface area contributed by atoms with Crippen molar-refractivity contribution in [2.24, 2.45) is 0 Å². The summed E-state index contributed by atoms with van der Waals surface area (Å²) >= 11 is 0. The van der Waals surface area contributed by atoms with E-state index >= 15 is 0 Å². The summed E-state index contributed by atoms with van der Waals surface area (Å²) in [7, 11) is 1.32. The number of esters is 1. The summed E-state index contributed by atoms with van der Waals surface area (Å²) in [5.74, 6) is 0.319. The fourth-order valence-corrected chi connectivity index (χ4v) is 1.47. The summed E-state index contributed by atoms with van der Waals surface area (Å²) in [6.45, 7) is 1.17. The molecule has 96 valence electrons. The van der Waals surface area contributed by atoms with Crippen molar-refractivity contribution in [3.63, 3.8) is 0 Å². The summed E-state index contributed by atoms with van der Waals surface area (Å²) in [4.78, 5) is 15.2. The first kappa shape index (κ1) is 12.3. The largest absolute Gasteiger partial charge is 0.463 e. The molecule has 0 atom stereocenters. The van der Waals surface area contributed by atoms with Crippen molar-refractivity contribution in [3.8, 4) is 0 Å². The van der Waals surface area contributed by atoms with E-state index in [0.29, 0.717) is 25.4 Å². The van der Waals surface area contributed by atoms with Gasteiger partial charge < -0.3 is 19.0 Å². The number of carbonyl (C=O) groups excluding carboxylic acids is 1. The molecule has 0 unspecified atom stereocenters. The minimum atomic E-state index is -0.478. The molecule has 0 spiro atoms. The van der Waals surface area contributed by atoms with Crippen molar-refractivity contribution in [3.05, 3.63) is 35.9 Å². The second kappa shape index (κ2) is 5.97. The number of nitrogens with zero attached hydrogens (tertiary/aromatic N) is 2. The third-order valence-corrected chi connectivity index (χ3v) is 2.36. The fourth-order valence-electron chi connectivity index (χ4n) is 1.47. The molecule has 0 aliphatic carbocycles. The van der Waals surface area contributed by atoms with Gasteiger partial charge in [0.2, 0.25) is 11.7 Å². The monoisotopic (exact) mass is 251 g/mol. The third kappa shape index (κ3) is 2.95. The number of methoxy groups -OCH3 is 1. The van der Waals surface area contributed by atoms with Crippen molar-refractivity contribution in [1.82, 2.24) is 15.5 Å². The Bertz CT molecular complexity index is 492. The minimum Gasteiger partial charge on any atom is -0.463 e. The number of carbonyl (C=O) groups is 1. The van der Waals surface area contributed by atoms with E-state index in [1.807, 2.05) is 0 Å². The molecule has 0 saturated carbocycles. The Morgan fingerprint density at radius 2 is 2.44 bits per heavy atom. The number of aromatic nitrogens is 2. The molecule has 0 aromatic carbocycles. The van der Waals surface area contributed by atoms with Crippen LogP contribution >= 0.6 is 0 Å². The predicted molar refractivity (Wildman–Crippen MR) is 59.8 cm³/mol. The van der Waals surface area contributed by atoms with Crippen LogP contribution in [0.15, 0.2) is 27.6 Å². The maximum Gasteiger partial charge on any atom is 0.374 e. The lowest BCUT2D eigenvalue weighted by molar-refractivity contribution is 0.0563. The number of hydrogen-bond acceptors (Lipinski definition) is 7. The SMILES string of the molecule is COC(=O)c1occc1CNCCc1ncno1. The van der Waals surface area contributed by atoms with Gasteiger partial charge in [-0.05, 0) is 6.07 Å². The van der Waals surface area contributed by atoms with Crippen LogP contribution in [-0.4, -0.2) is 29.8 Å². The zero-order valence-electron chi connectivity index (χ0n) is 9.88. The number of nitrogens with one attached hydrogen (secondary N) is 1. The average Bonchev–Trinajstić information content (AvgIpc) is 3.04. The summed E-state index contributed by atoms with van der Waals surface area (Å²) in [5.41, 5.74) is 0.757. The first-order valence-corrected chi connectivity index (χ1v) is 5.42. The average molecular weight is 251 g/mol. The number of ether oxygens (including phenoxy) is 1. The molecule has 2 aromatic heterocycles. The summed E-state index contributed by atoms with van der Waals surface area (Å²) in [6, 6.07) is 1.73. The highest BCUT2D eigenvalue weighted by atomic mass is 16.5. The summed E-state index contributed by atoms with van der Waals surface area (Å²) in [5, 5.41) is 6.66. The molecule has 0 aliphatic heterocycles. The van der Waals surface area contributed by atoms with Gasteiger partial charge in [0.15, 0.2) is 6.33 Å². The third-order valence-electron chi connectivity index (χ3n) is 2.36. The lowest BCUT2D eigenvalue weighted by Crippen LogP contribution is -2.18. The molecule has 0 amide bonds. The van der Waals surface area contributed by atoms with Crippen LogP contribution in [0.1, 0.15) is 22.0 Å². The van der Waals surface area contributed by atoms with Gasteiger partial charge in [-0.3, -0.25) is 0 Å². The van der Waals surface area contributed by atoms with Gasteiger partial charge >= 0.3 is 5.97 Å². The molecule has 2 aromatic rings. The first-order chi connectivity index (χ1) is 8.81. The van der Waals surface area contributed by atoms with Gasteiger partial charge in [-0.1, -0.05) is 5.16 Å². The van der Waals surface area contributed by atoms with Crippen LogP contribution in [0.25, 0.3) is 0 Å².